The summed E-state index contributed by atoms with van der Waals surface area (Å²) in [5.74, 6) is 0.336. The molecule has 0 aromatic heterocycles. The average Bonchev–Trinajstić information content (AvgIpc) is 3.72. The maximum absolute atomic E-state index is 12.2. The van der Waals surface area contributed by atoms with Gasteiger partial charge >= 0.3 is 0 Å². The van der Waals surface area contributed by atoms with Crippen LogP contribution in [0.3, 0.4) is 0 Å². The van der Waals surface area contributed by atoms with Crippen molar-refractivity contribution < 1.29 is 89.0 Å². The molecule has 5 heterocycles. The minimum absolute atomic E-state index is 0.0329. The first-order valence-corrected chi connectivity index (χ1v) is 23.8. The van der Waals surface area contributed by atoms with Crippen LogP contribution >= 0.6 is 0 Å². The van der Waals surface area contributed by atoms with Gasteiger partial charge in [0.15, 0.2) is 24.7 Å². The van der Waals surface area contributed by atoms with Gasteiger partial charge in [-0.3, -0.25) is 0 Å². The SMILES string of the molecule is C[C@@H]1O[C@@H](O[C@H]2[C@H](O[C@H]3CC[C@@]4(C)C(=C[C@@H](O)[C@H]5[C@@H]6C[C@@H]7O[C@]8(CC[C@](C)(CO)CO8)[C@@H](C)[C@@H]7[C@@]6(C)CC[C@@H]54)C3)O[C@H](CO)[C@@H](O[C@@H]3O[C@@H](C)[C@H](O)[C@@H](O)[C@H]3O)[C@@H]2O)[C@H](O)[C@H](O)[C@H]1O. The van der Waals surface area contributed by atoms with Crippen molar-refractivity contribution in [2.75, 3.05) is 19.8 Å². The van der Waals surface area contributed by atoms with Gasteiger partial charge in [-0.15, -0.1) is 0 Å². The van der Waals surface area contributed by atoms with Crippen LogP contribution in [0.4, 0.5) is 0 Å². The van der Waals surface area contributed by atoms with Crippen LogP contribution in [0.15, 0.2) is 11.6 Å². The van der Waals surface area contributed by atoms with Crippen molar-refractivity contribution in [2.45, 2.75) is 209 Å². The number of fused-ring (bicyclic) bond motifs is 7. The second-order valence-corrected chi connectivity index (χ2v) is 22.0. The van der Waals surface area contributed by atoms with Gasteiger partial charge in [-0.05, 0) is 93.3 Å². The zero-order chi connectivity index (χ0) is 46.0. The molecule has 0 unspecified atom stereocenters. The van der Waals surface area contributed by atoms with Crippen LogP contribution in [-0.2, 0) is 37.9 Å². The summed E-state index contributed by atoms with van der Waals surface area (Å²) in [6, 6.07) is 0. The number of ether oxygens (including phenoxy) is 8. The van der Waals surface area contributed by atoms with Gasteiger partial charge in [0, 0.05) is 17.8 Å². The zero-order valence-corrected chi connectivity index (χ0v) is 37.9. The molecule has 5 aliphatic heterocycles. The number of rotatable bonds is 8. The fraction of sp³-hybridized carbons (Fsp3) is 0.957. The molecule has 10 N–H and O–H groups in total. The molecule has 0 amide bonds. The Labute approximate surface area is 374 Å². The molecular weight excluding hydrogens is 840 g/mol. The van der Waals surface area contributed by atoms with E-state index < -0.39 is 117 Å². The summed E-state index contributed by atoms with van der Waals surface area (Å²) in [6.07, 6.45) is -15.0. The molecule has 64 heavy (non-hydrogen) atoms. The lowest BCUT2D eigenvalue weighted by molar-refractivity contribution is -0.388. The van der Waals surface area contributed by atoms with Crippen molar-refractivity contribution >= 4 is 0 Å². The van der Waals surface area contributed by atoms with Gasteiger partial charge in [0.05, 0.1) is 50.3 Å². The Kier molecular flexibility index (Phi) is 13.1. The topological polar surface area (TPSA) is 276 Å². The molecule has 0 bridgehead atoms. The van der Waals surface area contributed by atoms with Gasteiger partial charge in [-0.25, -0.2) is 0 Å². The van der Waals surface area contributed by atoms with Crippen LogP contribution in [0, 0.1) is 45.8 Å². The summed E-state index contributed by atoms with van der Waals surface area (Å²) in [6.45, 7) is 11.9. The van der Waals surface area contributed by atoms with Gasteiger partial charge in [0.2, 0.25) is 0 Å². The molecule has 9 aliphatic rings. The van der Waals surface area contributed by atoms with Crippen LogP contribution in [0.5, 0.6) is 0 Å². The molecular formula is C46H74O18. The third-order valence-corrected chi connectivity index (χ3v) is 18.2. The highest BCUT2D eigenvalue weighted by atomic mass is 16.8. The smallest absolute Gasteiger partial charge is 0.187 e. The monoisotopic (exact) mass is 914 g/mol. The van der Waals surface area contributed by atoms with Crippen LogP contribution in [0.2, 0.25) is 0 Å². The predicted molar refractivity (Wildman–Crippen MR) is 220 cm³/mol. The second kappa shape index (κ2) is 17.5. The van der Waals surface area contributed by atoms with E-state index in [1.807, 2.05) is 6.08 Å². The molecule has 4 aliphatic carbocycles. The summed E-state index contributed by atoms with van der Waals surface area (Å²) >= 11 is 0. The van der Waals surface area contributed by atoms with Crippen LogP contribution < -0.4 is 0 Å². The summed E-state index contributed by atoms with van der Waals surface area (Å²) in [7, 11) is 0. The zero-order valence-electron chi connectivity index (χ0n) is 37.9. The van der Waals surface area contributed by atoms with Crippen molar-refractivity contribution in [1.82, 2.24) is 0 Å². The Bertz CT molecular complexity index is 1690. The molecule has 3 saturated carbocycles. The Hall–Kier alpha value is -0.980. The molecule has 18 nitrogen and oxygen atoms in total. The van der Waals surface area contributed by atoms with Gasteiger partial charge in [0.1, 0.15) is 61.0 Å². The van der Waals surface area contributed by atoms with E-state index in [1.165, 1.54) is 13.8 Å². The van der Waals surface area contributed by atoms with Gasteiger partial charge in [-0.2, -0.15) is 0 Å². The number of hydrogen-bond acceptors (Lipinski definition) is 18. The fourth-order valence-corrected chi connectivity index (χ4v) is 14.1. The predicted octanol–water partition coefficient (Wildman–Crippen LogP) is -0.425. The van der Waals surface area contributed by atoms with Gasteiger partial charge in [-0.1, -0.05) is 39.3 Å². The third kappa shape index (κ3) is 7.69. The molecule has 18 heteroatoms. The van der Waals surface area contributed by atoms with Crippen molar-refractivity contribution in [2.24, 2.45) is 45.8 Å². The Morgan fingerprint density at radius 1 is 0.672 bits per heavy atom. The van der Waals surface area contributed by atoms with Crippen molar-refractivity contribution in [3.63, 3.8) is 0 Å². The van der Waals surface area contributed by atoms with E-state index in [1.54, 1.807) is 0 Å². The van der Waals surface area contributed by atoms with E-state index in [2.05, 4.69) is 27.7 Å². The lowest BCUT2D eigenvalue weighted by Crippen LogP contribution is -2.66. The number of aliphatic hydroxyl groups is 10. The molecule has 27 atom stereocenters. The molecule has 8 fully saturated rings. The fourth-order valence-electron chi connectivity index (χ4n) is 14.1. The lowest BCUT2D eigenvalue weighted by atomic mass is 9.46. The quantitative estimate of drug-likeness (QED) is 0.139. The van der Waals surface area contributed by atoms with E-state index in [4.69, 9.17) is 37.9 Å². The highest BCUT2D eigenvalue weighted by Crippen LogP contribution is 2.71. The normalized spacial score (nSPS) is 58.6. The number of hydrogen-bond donors (Lipinski definition) is 10. The first kappa shape index (κ1) is 48.1. The second-order valence-electron chi connectivity index (χ2n) is 22.0. The van der Waals surface area contributed by atoms with E-state index >= 15 is 0 Å². The molecule has 0 radical (unpaired) electrons. The third-order valence-electron chi connectivity index (χ3n) is 18.2. The van der Waals surface area contributed by atoms with Crippen molar-refractivity contribution in [3.05, 3.63) is 11.6 Å². The molecule has 1 spiro atoms. The molecule has 366 valence electrons. The average molecular weight is 915 g/mol. The van der Waals surface area contributed by atoms with Crippen molar-refractivity contribution in [3.8, 4) is 0 Å². The first-order valence-electron chi connectivity index (χ1n) is 23.8. The highest BCUT2D eigenvalue weighted by Gasteiger charge is 2.70. The minimum atomic E-state index is -1.75. The lowest BCUT2D eigenvalue weighted by Gasteiger charge is -2.60. The minimum Gasteiger partial charge on any atom is -0.396 e. The summed E-state index contributed by atoms with van der Waals surface area (Å²) < 4.78 is 50.0. The van der Waals surface area contributed by atoms with Crippen LogP contribution in [-0.4, -0.2) is 187 Å². The molecule has 0 aromatic rings. The Morgan fingerprint density at radius 3 is 1.91 bits per heavy atom. The van der Waals surface area contributed by atoms with E-state index in [9.17, 15) is 51.1 Å². The van der Waals surface area contributed by atoms with E-state index in [0.29, 0.717) is 25.4 Å². The van der Waals surface area contributed by atoms with Crippen LogP contribution in [0.25, 0.3) is 0 Å². The Morgan fingerprint density at radius 2 is 1.31 bits per heavy atom. The summed E-state index contributed by atoms with van der Waals surface area (Å²) in [5.41, 5.74) is 0.548. The van der Waals surface area contributed by atoms with Gasteiger partial charge < -0.3 is 89.0 Å². The summed E-state index contributed by atoms with van der Waals surface area (Å²) in [4.78, 5) is 0. The standard InChI is InChI=1S/C46H74O18/c1-19-30-27(64-46(19)12-11-43(4,17-48)18-57-46)15-25-29-24(8-10-45(25,30)6)44(5)9-7-23(13-22(44)14-26(29)49)60-42-39(63-41-36(55)34(53)32(51)21(3)59-41)37(56)38(28(16-47)61-42)62-40-35(54)33(52)31(50)20(2)58-40/h14,19-21,23-42,47-56H,7-13,15-18H2,1-6H3/t19-,20-,21-,23-,24-,25-,26+,27-,28+,29+,30-,31-,32-,33+,34+,35+,36+,37-,38+,39+,40-,41-,42+,43+,44-,45-,46+/m0/s1. The van der Waals surface area contributed by atoms with Crippen molar-refractivity contribution in [1.29, 1.82) is 0 Å². The van der Waals surface area contributed by atoms with E-state index in [0.717, 1.165) is 44.1 Å². The maximum atomic E-state index is 12.2. The summed E-state index contributed by atoms with van der Waals surface area (Å²) in [5, 5.41) is 108. The Balaban J connectivity index is 0.924. The molecule has 5 saturated heterocycles. The van der Waals surface area contributed by atoms with E-state index in [-0.39, 0.29) is 52.6 Å². The largest absolute Gasteiger partial charge is 0.396 e. The maximum Gasteiger partial charge on any atom is 0.187 e. The highest BCUT2D eigenvalue weighted by molar-refractivity contribution is 5.29. The van der Waals surface area contributed by atoms with Gasteiger partial charge in [0.25, 0.3) is 0 Å². The number of aliphatic hydroxyl groups excluding tert-OH is 10. The molecule has 0 aromatic carbocycles. The first-order chi connectivity index (χ1) is 30.2. The molecule has 9 rings (SSSR count). The van der Waals surface area contributed by atoms with Crippen LogP contribution in [0.1, 0.15) is 92.9 Å².